The molecule has 0 spiro atoms. The summed E-state index contributed by atoms with van der Waals surface area (Å²) in [6.07, 6.45) is 0.777. The van der Waals surface area contributed by atoms with Crippen LogP contribution in [0.15, 0.2) is 18.2 Å². The van der Waals surface area contributed by atoms with Crippen molar-refractivity contribution in [1.29, 1.82) is 0 Å². The molecule has 0 aliphatic heterocycles. The van der Waals surface area contributed by atoms with E-state index < -0.39 is 0 Å². The molecule has 3 nitrogen and oxygen atoms in total. The van der Waals surface area contributed by atoms with Crippen LogP contribution in [0.1, 0.15) is 46.6 Å². The highest BCUT2D eigenvalue weighted by atomic mass is 19.1. The first-order chi connectivity index (χ1) is 10.3. The SMILES string of the molecule is CC(C)NCC(C)Oc1ccc(F)c(CCC(=O)C(C)C)c1. The summed E-state index contributed by atoms with van der Waals surface area (Å²) >= 11 is 0. The zero-order chi connectivity index (χ0) is 16.7. The van der Waals surface area contributed by atoms with Crippen LogP contribution in [0.3, 0.4) is 0 Å². The van der Waals surface area contributed by atoms with Gasteiger partial charge in [-0.3, -0.25) is 4.79 Å². The fraction of sp³-hybridized carbons (Fsp3) is 0.611. The quantitative estimate of drug-likeness (QED) is 0.755. The van der Waals surface area contributed by atoms with Gasteiger partial charge in [-0.25, -0.2) is 4.39 Å². The van der Waals surface area contributed by atoms with E-state index in [-0.39, 0.29) is 23.6 Å². The highest BCUT2D eigenvalue weighted by Gasteiger charge is 2.12. The van der Waals surface area contributed by atoms with Crippen molar-refractivity contribution in [2.24, 2.45) is 5.92 Å². The van der Waals surface area contributed by atoms with Crippen LogP contribution in [0.4, 0.5) is 4.39 Å². The van der Waals surface area contributed by atoms with E-state index in [0.717, 1.165) is 6.54 Å². The second kappa shape index (κ2) is 8.89. The minimum Gasteiger partial charge on any atom is -0.489 e. The highest BCUT2D eigenvalue weighted by Crippen LogP contribution is 2.20. The molecule has 1 rings (SSSR count). The molecule has 0 aliphatic rings. The van der Waals surface area contributed by atoms with E-state index in [4.69, 9.17) is 4.74 Å². The maximum Gasteiger partial charge on any atom is 0.135 e. The van der Waals surface area contributed by atoms with Gasteiger partial charge >= 0.3 is 0 Å². The Hall–Kier alpha value is -1.42. The Kier molecular flexibility index (Phi) is 7.52. The van der Waals surface area contributed by atoms with Crippen LogP contribution in [0.25, 0.3) is 0 Å². The molecule has 0 aromatic heterocycles. The molecule has 22 heavy (non-hydrogen) atoms. The third kappa shape index (κ3) is 6.56. The number of aryl methyl sites for hydroxylation is 1. The first kappa shape index (κ1) is 18.6. The van der Waals surface area contributed by atoms with E-state index in [9.17, 15) is 9.18 Å². The van der Waals surface area contributed by atoms with Gasteiger partial charge in [0.25, 0.3) is 0 Å². The van der Waals surface area contributed by atoms with E-state index in [2.05, 4.69) is 19.2 Å². The summed E-state index contributed by atoms with van der Waals surface area (Å²) in [5.41, 5.74) is 0.538. The van der Waals surface area contributed by atoms with E-state index in [0.29, 0.717) is 30.2 Å². The Bertz CT molecular complexity index is 486. The molecule has 0 radical (unpaired) electrons. The molecule has 4 heteroatoms. The van der Waals surface area contributed by atoms with Crippen molar-refractivity contribution in [3.8, 4) is 5.75 Å². The predicted molar refractivity (Wildman–Crippen MR) is 87.8 cm³/mol. The van der Waals surface area contributed by atoms with Gasteiger partial charge in [-0.15, -0.1) is 0 Å². The number of rotatable bonds is 9. The number of ether oxygens (including phenoxy) is 1. The first-order valence-corrected chi connectivity index (χ1v) is 8.00. The lowest BCUT2D eigenvalue weighted by Gasteiger charge is -2.18. The fourth-order valence-corrected chi connectivity index (χ4v) is 2.04. The van der Waals surface area contributed by atoms with Gasteiger partial charge < -0.3 is 10.1 Å². The topological polar surface area (TPSA) is 38.3 Å². The van der Waals surface area contributed by atoms with E-state index in [1.807, 2.05) is 20.8 Å². The summed E-state index contributed by atoms with van der Waals surface area (Å²) in [7, 11) is 0. The Morgan fingerprint density at radius 1 is 1.23 bits per heavy atom. The monoisotopic (exact) mass is 309 g/mol. The largest absolute Gasteiger partial charge is 0.489 e. The van der Waals surface area contributed by atoms with Crippen LogP contribution < -0.4 is 10.1 Å². The maximum absolute atomic E-state index is 13.8. The number of Topliss-reactive ketones (excluding diaryl/α,β-unsaturated/α-hetero) is 1. The van der Waals surface area contributed by atoms with E-state index >= 15 is 0 Å². The third-order valence-corrected chi connectivity index (χ3v) is 3.45. The second-order valence-electron chi connectivity index (χ2n) is 6.37. The van der Waals surface area contributed by atoms with Gasteiger partial charge in [0.1, 0.15) is 23.5 Å². The zero-order valence-corrected chi connectivity index (χ0v) is 14.3. The number of carbonyl (C=O) groups excluding carboxylic acids is 1. The molecule has 0 heterocycles. The van der Waals surface area contributed by atoms with Crippen molar-refractivity contribution in [1.82, 2.24) is 5.32 Å². The minimum absolute atomic E-state index is 0.00185. The number of ketones is 1. The summed E-state index contributed by atoms with van der Waals surface area (Å²) in [6.45, 7) is 10.6. The van der Waals surface area contributed by atoms with Crippen molar-refractivity contribution >= 4 is 5.78 Å². The van der Waals surface area contributed by atoms with E-state index in [1.54, 1.807) is 12.1 Å². The molecular formula is C18H28FNO2. The van der Waals surface area contributed by atoms with Crippen molar-refractivity contribution in [3.63, 3.8) is 0 Å². The molecule has 0 bridgehead atoms. The van der Waals surface area contributed by atoms with Crippen LogP contribution in [0.5, 0.6) is 5.75 Å². The van der Waals surface area contributed by atoms with Gasteiger partial charge in [-0.2, -0.15) is 0 Å². The molecule has 0 amide bonds. The van der Waals surface area contributed by atoms with Gasteiger partial charge in [0.2, 0.25) is 0 Å². The molecule has 1 N–H and O–H groups in total. The molecule has 0 saturated carbocycles. The van der Waals surface area contributed by atoms with Crippen LogP contribution in [0, 0.1) is 11.7 Å². The lowest BCUT2D eigenvalue weighted by molar-refractivity contribution is -0.121. The number of hydrogen-bond donors (Lipinski definition) is 1. The molecule has 1 unspecified atom stereocenters. The lowest BCUT2D eigenvalue weighted by Crippen LogP contribution is -2.33. The lowest BCUT2D eigenvalue weighted by atomic mass is 10.0. The number of benzene rings is 1. The Morgan fingerprint density at radius 3 is 2.50 bits per heavy atom. The van der Waals surface area contributed by atoms with Crippen LogP contribution in [-0.2, 0) is 11.2 Å². The van der Waals surface area contributed by atoms with Crippen molar-refractivity contribution in [3.05, 3.63) is 29.6 Å². The molecule has 0 fully saturated rings. The summed E-state index contributed by atoms with van der Waals surface area (Å²) in [4.78, 5) is 11.7. The maximum atomic E-state index is 13.8. The van der Waals surface area contributed by atoms with Crippen LogP contribution in [0.2, 0.25) is 0 Å². The summed E-state index contributed by atoms with van der Waals surface area (Å²) in [5.74, 6) is 0.508. The molecule has 1 aromatic rings. The van der Waals surface area contributed by atoms with Gasteiger partial charge in [0.15, 0.2) is 0 Å². The summed E-state index contributed by atoms with van der Waals surface area (Å²) in [6, 6.07) is 5.15. The Labute approximate surface area is 133 Å². The fourth-order valence-electron chi connectivity index (χ4n) is 2.04. The van der Waals surface area contributed by atoms with Crippen LogP contribution >= 0.6 is 0 Å². The third-order valence-electron chi connectivity index (χ3n) is 3.45. The molecule has 0 aliphatic carbocycles. The van der Waals surface area contributed by atoms with Crippen molar-refractivity contribution in [2.45, 2.75) is 59.6 Å². The van der Waals surface area contributed by atoms with Crippen molar-refractivity contribution < 1.29 is 13.9 Å². The molecule has 0 saturated heterocycles. The second-order valence-corrected chi connectivity index (χ2v) is 6.37. The number of hydrogen-bond acceptors (Lipinski definition) is 3. The van der Waals surface area contributed by atoms with Crippen molar-refractivity contribution in [2.75, 3.05) is 6.54 Å². The van der Waals surface area contributed by atoms with Gasteiger partial charge in [0.05, 0.1) is 0 Å². The van der Waals surface area contributed by atoms with Gasteiger partial charge in [-0.05, 0) is 37.1 Å². The number of halogens is 1. The number of carbonyl (C=O) groups is 1. The Balaban J connectivity index is 2.63. The summed E-state index contributed by atoms with van der Waals surface area (Å²) < 4.78 is 19.6. The normalized spacial score (nSPS) is 12.7. The number of nitrogens with one attached hydrogen (secondary N) is 1. The zero-order valence-electron chi connectivity index (χ0n) is 14.3. The predicted octanol–water partition coefficient (Wildman–Crippen LogP) is 3.75. The molecule has 1 aromatic carbocycles. The van der Waals surface area contributed by atoms with Gasteiger partial charge in [-0.1, -0.05) is 27.7 Å². The highest BCUT2D eigenvalue weighted by molar-refractivity contribution is 5.80. The minimum atomic E-state index is -0.281. The smallest absolute Gasteiger partial charge is 0.135 e. The standard InChI is InChI=1S/C18H28FNO2/c1-12(2)18(21)9-6-15-10-16(7-8-17(15)19)22-14(5)11-20-13(3)4/h7-8,10,12-14,20H,6,9,11H2,1-5H3. The first-order valence-electron chi connectivity index (χ1n) is 8.00. The molecule has 1 atom stereocenters. The molecule has 124 valence electrons. The Morgan fingerprint density at radius 2 is 1.91 bits per heavy atom. The summed E-state index contributed by atoms with van der Waals surface area (Å²) in [5, 5.41) is 3.30. The van der Waals surface area contributed by atoms with Crippen LogP contribution in [-0.4, -0.2) is 24.5 Å². The average molecular weight is 309 g/mol. The average Bonchev–Trinajstić information content (AvgIpc) is 2.45. The van der Waals surface area contributed by atoms with E-state index in [1.165, 1.54) is 6.07 Å². The van der Waals surface area contributed by atoms with Gasteiger partial charge in [0, 0.05) is 24.9 Å². The molecular weight excluding hydrogens is 281 g/mol.